The van der Waals surface area contributed by atoms with Gasteiger partial charge in [-0.25, -0.2) is 9.97 Å². The molecule has 1 atom stereocenters. The van der Waals surface area contributed by atoms with E-state index in [9.17, 15) is 9.59 Å². The van der Waals surface area contributed by atoms with Crippen molar-refractivity contribution in [2.75, 3.05) is 19.6 Å². The van der Waals surface area contributed by atoms with Gasteiger partial charge in [0.15, 0.2) is 0 Å². The fraction of sp³-hybridized carbons (Fsp3) is 0.524. The van der Waals surface area contributed by atoms with E-state index in [1.165, 1.54) is 4.88 Å². The minimum Gasteiger partial charge on any atom is -0.338 e. The van der Waals surface area contributed by atoms with Gasteiger partial charge in [0.25, 0.3) is 5.91 Å². The highest BCUT2D eigenvalue weighted by atomic mass is 32.1. The first kappa shape index (κ1) is 19.1. The molecule has 0 aromatic carbocycles. The molecular weight excluding hydrogens is 372 g/mol. The van der Waals surface area contributed by atoms with Crippen LogP contribution in [0.2, 0.25) is 0 Å². The average Bonchev–Trinajstić information content (AvgIpc) is 3.37. The highest BCUT2D eigenvalue weighted by Crippen LogP contribution is 2.28. The lowest BCUT2D eigenvalue weighted by molar-refractivity contribution is -0.129. The van der Waals surface area contributed by atoms with Crippen molar-refractivity contribution < 1.29 is 9.59 Å². The first-order chi connectivity index (χ1) is 13.5. The minimum atomic E-state index is 0.0928. The number of nitrogens with zero attached hydrogens (tertiary/aromatic N) is 4. The van der Waals surface area contributed by atoms with Crippen LogP contribution in [0, 0.1) is 0 Å². The Morgan fingerprint density at radius 2 is 2.14 bits per heavy atom. The molecule has 0 N–H and O–H groups in total. The number of carbonyl (C=O) groups is 2. The van der Waals surface area contributed by atoms with E-state index in [2.05, 4.69) is 11.9 Å². The van der Waals surface area contributed by atoms with Crippen LogP contribution in [0.25, 0.3) is 0 Å². The van der Waals surface area contributed by atoms with Gasteiger partial charge in [-0.15, -0.1) is 11.3 Å². The van der Waals surface area contributed by atoms with E-state index in [1.807, 2.05) is 27.4 Å². The predicted octanol–water partition coefficient (Wildman–Crippen LogP) is 3.02. The van der Waals surface area contributed by atoms with Gasteiger partial charge in [0.05, 0.1) is 11.3 Å². The first-order valence-electron chi connectivity index (χ1n) is 10.0. The molecule has 0 spiro atoms. The Bertz CT molecular complexity index is 894. The Hall–Kier alpha value is -2.28. The smallest absolute Gasteiger partial charge is 0.254 e. The van der Waals surface area contributed by atoms with Crippen LogP contribution in [0.3, 0.4) is 0 Å². The number of rotatable bonds is 4. The largest absolute Gasteiger partial charge is 0.338 e. The van der Waals surface area contributed by atoms with Crippen molar-refractivity contribution in [2.45, 2.75) is 52.0 Å². The van der Waals surface area contributed by atoms with Crippen LogP contribution in [-0.2, 0) is 24.2 Å². The van der Waals surface area contributed by atoms with Gasteiger partial charge >= 0.3 is 0 Å². The van der Waals surface area contributed by atoms with Gasteiger partial charge in [0, 0.05) is 67.5 Å². The molecule has 2 aromatic heterocycles. The SMILES string of the molecule is CCCc1cc(C(=O)N2CC[C@@H](c3ncc4c(n3)CCN(C(C)=O)C4)C2)cs1. The molecule has 1 fully saturated rings. The third kappa shape index (κ3) is 3.81. The number of aryl methyl sites for hydroxylation is 1. The monoisotopic (exact) mass is 398 g/mol. The lowest BCUT2D eigenvalue weighted by Gasteiger charge is -2.27. The average molecular weight is 399 g/mol. The molecule has 2 aromatic rings. The van der Waals surface area contributed by atoms with Gasteiger partial charge in [0.2, 0.25) is 5.91 Å². The molecule has 0 aliphatic carbocycles. The van der Waals surface area contributed by atoms with Crippen molar-refractivity contribution in [3.8, 4) is 0 Å². The normalized spacial score (nSPS) is 19.0. The van der Waals surface area contributed by atoms with Crippen LogP contribution in [0.15, 0.2) is 17.6 Å². The maximum atomic E-state index is 12.8. The van der Waals surface area contributed by atoms with Crippen LogP contribution in [0.5, 0.6) is 0 Å². The summed E-state index contributed by atoms with van der Waals surface area (Å²) in [6.07, 6.45) is 5.67. The molecule has 148 valence electrons. The Labute approximate surface area is 169 Å². The molecule has 6 nitrogen and oxygen atoms in total. The van der Waals surface area contributed by atoms with Crippen LogP contribution >= 0.6 is 11.3 Å². The van der Waals surface area contributed by atoms with Gasteiger partial charge in [-0.1, -0.05) is 13.3 Å². The standard InChI is InChI=1S/C21H26N4O2S/c1-3-4-18-9-16(13-28-18)21(27)25-7-5-15(11-25)20-22-10-17-12-24(14(2)26)8-6-19(17)23-20/h9-10,13,15H,3-8,11-12H2,1-2H3/t15-/m1/s1. The zero-order valence-corrected chi connectivity index (χ0v) is 17.3. The lowest BCUT2D eigenvalue weighted by atomic mass is 10.0. The van der Waals surface area contributed by atoms with E-state index >= 15 is 0 Å². The maximum Gasteiger partial charge on any atom is 0.254 e. The molecule has 28 heavy (non-hydrogen) atoms. The topological polar surface area (TPSA) is 66.4 Å². The van der Waals surface area contributed by atoms with Crippen molar-refractivity contribution in [2.24, 2.45) is 0 Å². The van der Waals surface area contributed by atoms with Crippen LogP contribution < -0.4 is 0 Å². The molecule has 7 heteroatoms. The number of hydrogen-bond acceptors (Lipinski definition) is 5. The van der Waals surface area contributed by atoms with E-state index in [4.69, 9.17) is 4.98 Å². The third-order valence-corrected chi connectivity index (χ3v) is 6.63. The summed E-state index contributed by atoms with van der Waals surface area (Å²) in [5, 5.41) is 1.98. The summed E-state index contributed by atoms with van der Waals surface area (Å²) in [5.74, 6) is 1.24. The van der Waals surface area contributed by atoms with E-state index in [0.717, 1.165) is 54.9 Å². The number of carbonyl (C=O) groups excluding carboxylic acids is 2. The summed E-state index contributed by atoms with van der Waals surface area (Å²) in [7, 11) is 0. The zero-order chi connectivity index (χ0) is 19.7. The van der Waals surface area contributed by atoms with Gasteiger partial charge in [0.1, 0.15) is 5.82 Å². The molecule has 0 saturated carbocycles. The maximum absolute atomic E-state index is 12.8. The third-order valence-electron chi connectivity index (χ3n) is 5.64. The number of thiophene rings is 1. The molecule has 2 aliphatic rings. The number of aromatic nitrogens is 2. The van der Waals surface area contributed by atoms with E-state index < -0.39 is 0 Å². The fourth-order valence-corrected chi connectivity index (χ4v) is 4.97. The van der Waals surface area contributed by atoms with E-state index in [1.54, 1.807) is 18.3 Å². The van der Waals surface area contributed by atoms with E-state index in [-0.39, 0.29) is 17.7 Å². The van der Waals surface area contributed by atoms with Crippen molar-refractivity contribution >= 4 is 23.2 Å². The summed E-state index contributed by atoms with van der Waals surface area (Å²) < 4.78 is 0. The molecule has 2 aliphatic heterocycles. The second kappa shape index (κ2) is 7.99. The Morgan fingerprint density at radius 1 is 1.29 bits per heavy atom. The number of hydrogen-bond donors (Lipinski definition) is 0. The summed E-state index contributed by atoms with van der Waals surface area (Å²) in [6, 6.07) is 2.04. The summed E-state index contributed by atoms with van der Waals surface area (Å²) in [5.41, 5.74) is 2.90. The number of fused-ring (bicyclic) bond motifs is 1. The molecule has 1 saturated heterocycles. The predicted molar refractivity (Wildman–Crippen MR) is 108 cm³/mol. The summed E-state index contributed by atoms with van der Waals surface area (Å²) in [4.78, 5) is 38.8. The fourth-order valence-electron chi connectivity index (χ4n) is 4.01. The highest BCUT2D eigenvalue weighted by molar-refractivity contribution is 7.10. The molecule has 2 amide bonds. The lowest BCUT2D eigenvalue weighted by Crippen LogP contribution is -2.35. The molecule has 0 radical (unpaired) electrons. The summed E-state index contributed by atoms with van der Waals surface area (Å²) >= 11 is 1.68. The van der Waals surface area contributed by atoms with Crippen LogP contribution in [0.4, 0.5) is 0 Å². The molecular formula is C21H26N4O2S. The minimum absolute atomic E-state index is 0.0928. The van der Waals surface area contributed by atoms with Crippen molar-refractivity contribution in [1.82, 2.24) is 19.8 Å². The quantitative estimate of drug-likeness (QED) is 0.794. The molecule has 4 rings (SSSR count). The van der Waals surface area contributed by atoms with Crippen molar-refractivity contribution in [3.05, 3.63) is 45.2 Å². The van der Waals surface area contributed by atoms with Crippen LogP contribution in [-0.4, -0.2) is 51.2 Å². The van der Waals surface area contributed by atoms with E-state index in [0.29, 0.717) is 19.6 Å². The van der Waals surface area contributed by atoms with Gasteiger partial charge < -0.3 is 9.80 Å². The Balaban J connectivity index is 1.43. The van der Waals surface area contributed by atoms with Crippen molar-refractivity contribution in [1.29, 1.82) is 0 Å². The van der Waals surface area contributed by atoms with Gasteiger partial charge in [-0.2, -0.15) is 0 Å². The second-order valence-electron chi connectivity index (χ2n) is 7.68. The second-order valence-corrected chi connectivity index (χ2v) is 8.67. The van der Waals surface area contributed by atoms with Crippen molar-refractivity contribution in [3.63, 3.8) is 0 Å². The zero-order valence-electron chi connectivity index (χ0n) is 16.5. The summed E-state index contributed by atoms with van der Waals surface area (Å²) in [6.45, 7) is 6.49. The highest BCUT2D eigenvalue weighted by Gasteiger charge is 2.31. The molecule has 0 bridgehead atoms. The molecule has 0 unspecified atom stereocenters. The first-order valence-corrected chi connectivity index (χ1v) is 10.9. The molecule has 4 heterocycles. The van der Waals surface area contributed by atoms with Crippen LogP contribution in [0.1, 0.15) is 64.9 Å². The number of amides is 2. The van der Waals surface area contributed by atoms with Gasteiger partial charge in [-0.3, -0.25) is 9.59 Å². The van der Waals surface area contributed by atoms with Gasteiger partial charge in [-0.05, 0) is 18.9 Å². The Morgan fingerprint density at radius 3 is 2.93 bits per heavy atom. The number of likely N-dealkylation sites (tertiary alicyclic amines) is 1. The Kier molecular flexibility index (Phi) is 5.44.